The zero-order valence-electron chi connectivity index (χ0n) is 13.7. The number of amides is 2. The van der Waals surface area contributed by atoms with Gasteiger partial charge in [-0.1, -0.05) is 36.4 Å². The summed E-state index contributed by atoms with van der Waals surface area (Å²) in [5.41, 5.74) is 2.16. The lowest BCUT2D eigenvalue weighted by atomic mass is 10.1. The van der Waals surface area contributed by atoms with Crippen LogP contribution in [0.3, 0.4) is 0 Å². The Balaban J connectivity index is 1.65. The van der Waals surface area contributed by atoms with E-state index >= 15 is 0 Å². The lowest BCUT2D eigenvalue weighted by Gasteiger charge is -2.26. The van der Waals surface area contributed by atoms with Crippen molar-refractivity contribution in [3.63, 3.8) is 0 Å². The molecule has 0 unspecified atom stereocenters. The van der Waals surface area contributed by atoms with Crippen LogP contribution in [-0.4, -0.2) is 29.8 Å². The summed E-state index contributed by atoms with van der Waals surface area (Å²) >= 11 is 0. The van der Waals surface area contributed by atoms with Crippen molar-refractivity contribution in [1.82, 2.24) is 10.2 Å². The summed E-state index contributed by atoms with van der Waals surface area (Å²) in [6, 6.07) is 16.8. The normalized spacial score (nSPS) is 14.2. The van der Waals surface area contributed by atoms with Crippen molar-refractivity contribution in [2.24, 2.45) is 0 Å². The van der Waals surface area contributed by atoms with Crippen LogP contribution < -0.4 is 5.32 Å². The molecule has 2 aromatic carbocycles. The molecule has 1 fully saturated rings. The molecule has 0 aromatic heterocycles. The third-order valence-electron chi connectivity index (χ3n) is 4.31. The second kappa shape index (κ2) is 7.77. The largest absolute Gasteiger partial charge is 0.348 e. The van der Waals surface area contributed by atoms with Crippen LogP contribution in [0.5, 0.6) is 0 Å². The maximum absolute atomic E-state index is 12.5. The van der Waals surface area contributed by atoms with Crippen LogP contribution in [0.2, 0.25) is 0 Å². The van der Waals surface area contributed by atoms with Gasteiger partial charge in [0.25, 0.3) is 11.8 Å². The van der Waals surface area contributed by atoms with E-state index in [-0.39, 0.29) is 11.8 Å². The number of hydrogen-bond acceptors (Lipinski definition) is 2. The molecule has 2 aromatic rings. The zero-order valence-corrected chi connectivity index (χ0v) is 13.7. The van der Waals surface area contributed by atoms with Crippen LogP contribution in [0, 0.1) is 0 Å². The van der Waals surface area contributed by atoms with Gasteiger partial charge in [0.1, 0.15) is 0 Å². The van der Waals surface area contributed by atoms with Crippen molar-refractivity contribution in [2.45, 2.75) is 25.8 Å². The molecule has 0 bridgehead atoms. The molecule has 3 rings (SSSR count). The molecule has 1 N–H and O–H groups in total. The number of rotatable bonds is 4. The molecule has 1 aliphatic heterocycles. The Bertz CT molecular complexity index is 707. The van der Waals surface area contributed by atoms with Crippen LogP contribution in [0.25, 0.3) is 0 Å². The van der Waals surface area contributed by atoms with Gasteiger partial charge in [0.05, 0.1) is 0 Å². The van der Waals surface area contributed by atoms with E-state index in [9.17, 15) is 9.59 Å². The standard InChI is InChI=1S/C20H22N2O2/c23-19(21-15-16-8-3-1-4-9-16)17-10-7-11-18(14-17)20(24)22-12-5-2-6-13-22/h1,3-4,7-11,14H,2,5-6,12-13,15H2,(H,21,23). The number of nitrogens with zero attached hydrogens (tertiary/aromatic N) is 1. The summed E-state index contributed by atoms with van der Waals surface area (Å²) < 4.78 is 0. The van der Waals surface area contributed by atoms with Crippen molar-refractivity contribution < 1.29 is 9.59 Å². The summed E-state index contributed by atoms with van der Waals surface area (Å²) in [4.78, 5) is 26.8. The molecule has 1 saturated heterocycles. The van der Waals surface area contributed by atoms with Crippen LogP contribution >= 0.6 is 0 Å². The van der Waals surface area contributed by atoms with Gasteiger partial charge in [-0.25, -0.2) is 0 Å². The molecule has 4 heteroatoms. The molecule has 24 heavy (non-hydrogen) atoms. The van der Waals surface area contributed by atoms with Crippen LogP contribution in [-0.2, 0) is 6.54 Å². The van der Waals surface area contributed by atoms with E-state index in [2.05, 4.69) is 5.32 Å². The first-order valence-corrected chi connectivity index (χ1v) is 8.45. The van der Waals surface area contributed by atoms with Gasteiger partial charge in [-0.2, -0.15) is 0 Å². The molecule has 0 radical (unpaired) electrons. The van der Waals surface area contributed by atoms with Gasteiger partial charge in [-0.15, -0.1) is 0 Å². The highest BCUT2D eigenvalue weighted by Gasteiger charge is 2.19. The van der Waals surface area contributed by atoms with Crippen molar-refractivity contribution >= 4 is 11.8 Å². The van der Waals surface area contributed by atoms with Crippen molar-refractivity contribution in [1.29, 1.82) is 0 Å². The second-order valence-electron chi connectivity index (χ2n) is 6.10. The van der Waals surface area contributed by atoms with E-state index < -0.39 is 0 Å². The molecule has 0 spiro atoms. The van der Waals surface area contributed by atoms with Gasteiger partial charge in [-0.05, 0) is 43.0 Å². The van der Waals surface area contributed by atoms with E-state index in [0.717, 1.165) is 31.5 Å². The highest BCUT2D eigenvalue weighted by atomic mass is 16.2. The number of piperidine rings is 1. The summed E-state index contributed by atoms with van der Waals surface area (Å²) in [7, 11) is 0. The fourth-order valence-corrected chi connectivity index (χ4v) is 2.95. The summed E-state index contributed by atoms with van der Waals surface area (Å²) in [5, 5.41) is 2.90. The van der Waals surface area contributed by atoms with E-state index in [4.69, 9.17) is 0 Å². The monoisotopic (exact) mass is 322 g/mol. The van der Waals surface area contributed by atoms with E-state index in [0.29, 0.717) is 17.7 Å². The SMILES string of the molecule is O=C(NCc1ccccc1)c1cccc(C(=O)N2CCCCC2)c1. The topological polar surface area (TPSA) is 49.4 Å². The Morgan fingerprint density at radius 1 is 0.875 bits per heavy atom. The predicted octanol–water partition coefficient (Wildman–Crippen LogP) is 3.24. The van der Waals surface area contributed by atoms with Gasteiger partial charge in [0.15, 0.2) is 0 Å². The average Bonchev–Trinajstić information content (AvgIpc) is 2.67. The van der Waals surface area contributed by atoms with Gasteiger partial charge in [0.2, 0.25) is 0 Å². The molecule has 1 heterocycles. The summed E-state index contributed by atoms with van der Waals surface area (Å²) in [6.07, 6.45) is 3.30. The number of carbonyl (C=O) groups excluding carboxylic acids is 2. The Morgan fingerprint density at radius 2 is 1.58 bits per heavy atom. The van der Waals surface area contributed by atoms with Gasteiger partial charge in [-0.3, -0.25) is 9.59 Å². The Hall–Kier alpha value is -2.62. The molecule has 0 atom stereocenters. The lowest BCUT2D eigenvalue weighted by molar-refractivity contribution is 0.0724. The Morgan fingerprint density at radius 3 is 2.33 bits per heavy atom. The summed E-state index contributed by atoms with van der Waals surface area (Å²) in [6.45, 7) is 2.09. The lowest BCUT2D eigenvalue weighted by Crippen LogP contribution is -2.35. The van der Waals surface area contributed by atoms with Gasteiger partial charge in [0, 0.05) is 30.8 Å². The van der Waals surface area contributed by atoms with Gasteiger partial charge >= 0.3 is 0 Å². The average molecular weight is 322 g/mol. The number of hydrogen-bond donors (Lipinski definition) is 1. The molecular weight excluding hydrogens is 300 g/mol. The first kappa shape index (κ1) is 16.2. The predicted molar refractivity (Wildman–Crippen MR) is 93.8 cm³/mol. The fraction of sp³-hybridized carbons (Fsp3) is 0.300. The third-order valence-corrected chi connectivity index (χ3v) is 4.31. The smallest absolute Gasteiger partial charge is 0.253 e. The van der Waals surface area contributed by atoms with Crippen LogP contribution in [0.1, 0.15) is 45.5 Å². The maximum atomic E-state index is 12.5. The minimum atomic E-state index is -0.160. The molecule has 2 amide bonds. The Kier molecular flexibility index (Phi) is 5.26. The third kappa shape index (κ3) is 4.02. The molecule has 124 valence electrons. The highest BCUT2D eigenvalue weighted by Crippen LogP contribution is 2.14. The fourth-order valence-electron chi connectivity index (χ4n) is 2.95. The second-order valence-corrected chi connectivity index (χ2v) is 6.10. The number of nitrogens with one attached hydrogen (secondary N) is 1. The number of benzene rings is 2. The molecule has 4 nitrogen and oxygen atoms in total. The van der Waals surface area contributed by atoms with E-state index in [1.165, 1.54) is 6.42 Å². The molecular formula is C20H22N2O2. The molecule has 1 aliphatic rings. The minimum Gasteiger partial charge on any atom is -0.348 e. The quantitative estimate of drug-likeness (QED) is 0.939. The van der Waals surface area contributed by atoms with E-state index in [1.54, 1.807) is 24.3 Å². The van der Waals surface area contributed by atoms with E-state index in [1.807, 2.05) is 35.2 Å². The van der Waals surface area contributed by atoms with Crippen molar-refractivity contribution in [3.05, 3.63) is 71.3 Å². The Labute approximate surface area is 142 Å². The molecule has 0 aliphatic carbocycles. The number of likely N-dealkylation sites (tertiary alicyclic amines) is 1. The van der Waals surface area contributed by atoms with Crippen LogP contribution in [0.15, 0.2) is 54.6 Å². The minimum absolute atomic E-state index is 0.0207. The first-order valence-electron chi connectivity index (χ1n) is 8.45. The first-order chi connectivity index (χ1) is 11.7. The highest BCUT2D eigenvalue weighted by molar-refractivity contribution is 5.99. The number of carbonyl (C=O) groups is 2. The summed E-state index contributed by atoms with van der Waals surface area (Å²) in [5.74, 6) is -0.139. The molecule has 0 saturated carbocycles. The zero-order chi connectivity index (χ0) is 16.8. The van der Waals surface area contributed by atoms with Gasteiger partial charge < -0.3 is 10.2 Å². The maximum Gasteiger partial charge on any atom is 0.253 e. The van der Waals surface area contributed by atoms with Crippen LogP contribution in [0.4, 0.5) is 0 Å². The van der Waals surface area contributed by atoms with Crippen molar-refractivity contribution in [3.8, 4) is 0 Å². The van der Waals surface area contributed by atoms with Crippen molar-refractivity contribution in [2.75, 3.05) is 13.1 Å².